The van der Waals surface area contributed by atoms with Crippen molar-refractivity contribution in [3.8, 4) is 0 Å². The maximum atomic E-state index is 12.0. The van der Waals surface area contributed by atoms with Crippen LogP contribution < -0.4 is 0 Å². The molecule has 0 atom stereocenters. The van der Waals surface area contributed by atoms with Crippen LogP contribution in [0.1, 0.15) is 79.1 Å². The van der Waals surface area contributed by atoms with Crippen molar-refractivity contribution < 1.29 is 4.79 Å². The zero-order valence-corrected chi connectivity index (χ0v) is 12.2. The molecule has 0 amide bonds. The molecule has 1 rings (SSSR count). The largest absolute Gasteiger partial charge is 0.299 e. The lowest BCUT2D eigenvalue weighted by atomic mass is 9.69. The number of carbonyl (C=O) groups is 1. The van der Waals surface area contributed by atoms with E-state index in [1.54, 1.807) is 0 Å². The number of hydrogen-bond donors (Lipinski definition) is 0. The molecular weight excluding hydrogens is 208 g/mol. The number of hydrogen-bond acceptors (Lipinski definition) is 1. The lowest BCUT2D eigenvalue weighted by molar-refractivity contribution is -0.124. The van der Waals surface area contributed by atoms with Crippen LogP contribution in [-0.2, 0) is 4.79 Å². The first kappa shape index (κ1) is 14.7. The van der Waals surface area contributed by atoms with Crippen molar-refractivity contribution in [3.05, 3.63) is 0 Å². The van der Waals surface area contributed by atoms with Gasteiger partial charge in [-0.15, -0.1) is 0 Å². The molecule has 0 aromatic rings. The molecule has 0 radical (unpaired) electrons. The molecular formula is C16H30O. The van der Waals surface area contributed by atoms with Crippen molar-refractivity contribution in [1.82, 2.24) is 0 Å². The first-order valence-corrected chi connectivity index (χ1v) is 7.48. The highest BCUT2D eigenvalue weighted by molar-refractivity contribution is 5.81. The molecule has 1 saturated carbocycles. The predicted octanol–water partition coefficient (Wildman–Crippen LogP) is 4.99. The van der Waals surface area contributed by atoms with E-state index in [2.05, 4.69) is 27.7 Å². The second-order valence-electron chi connectivity index (χ2n) is 6.84. The number of unbranched alkanes of at least 4 members (excludes halogenated alkanes) is 2. The quantitative estimate of drug-likeness (QED) is 0.617. The normalized spacial score (nSPS) is 25.9. The van der Waals surface area contributed by atoms with Crippen LogP contribution in [-0.4, -0.2) is 5.78 Å². The highest BCUT2D eigenvalue weighted by Crippen LogP contribution is 2.40. The van der Waals surface area contributed by atoms with E-state index in [1.807, 2.05) is 0 Å². The third-order valence-corrected chi connectivity index (χ3v) is 4.43. The molecule has 1 heteroatoms. The van der Waals surface area contributed by atoms with Crippen LogP contribution in [0.5, 0.6) is 0 Å². The molecule has 0 aromatic heterocycles. The first-order chi connectivity index (χ1) is 7.95. The molecule has 0 aromatic carbocycles. The fourth-order valence-corrected chi connectivity index (χ4v) is 3.03. The molecule has 17 heavy (non-hydrogen) atoms. The number of ketones is 1. The number of rotatable bonds is 5. The molecule has 0 N–H and O–H groups in total. The fraction of sp³-hybridized carbons (Fsp3) is 0.938. The minimum atomic E-state index is 0.394. The van der Waals surface area contributed by atoms with E-state index in [1.165, 1.54) is 25.7 Å². The van der Waals surface area contributed by atoms with Crippen LogP contribution in [0.2, 0.25) is 0 Å². The second-order valence-corrected chi connectivity index (χ2v) is 6.84. The van der Waals surface area contributed by atoms with E-state index in [-0.39, 0.29) is 0 Å². The molecule has 1 aliphatic carbocycles. The van der Waals surface area contributed by atoms with Crippen LogP contribution in [0.4, 0.5) is 0 Å². The smallest absolute Gasteiger partial charge is 0.135 e. The minimum Gasteiger partial charge on any atom is -0.299 e. The Kier molecular flexibility index (Phi) is 5.69. The monoisotopic (exact) mass is 238 g/mol. The summed E-state index contributed by atoms with van der Waals surface area (Å²) in [6.45, 7) is 9.20. The zero-order chi connectivity index (χ0) is 12.9. The third kappa shape index (κ3) is 4.81. The van der Waals surface area contributed by atoms with E-state index < -0.39 is 0 Å². The maximum Gasteiger partial charge on any atom is 0.135 e. The number of Topliss-reactive ketones (excluding diaryl/α,β-unsaturated/α-hetero) is 1. The Labute approximate surface area is 107 Å². The SMILES string of the molecule is CCCCCC(=O)C1CCC(C(C)(C)C)CC1. The Balaban J connectivity index is 2.29. The van der Waals surface area contributed by atoms with Gasteiger partial charge in [0, 0.05) is 12.3 Å². The summed E-state index contributed by atoms with van der Waals surface area (Å²) in [7, 11) is 0. The lowest BCUT2D eigenvalue weighted by Crippen LogP contribution is -2.28. The molecule has 1 fully saturated rings. The summed E-state index contributed by atoms with van der Waals surface area (Å²) in [5.74, 6) is 1.76. The van der Waals surface area contributed by atoms with Crippen LogP contribution >= 0.6 is 0 Å². The molecule has 0 saturated heterocycles. The molecule has 1 aliphatic rings. The molecule has 0 unspecified atom stereocenters. The third-order valence-electron chi connectivity index (χ3n) is 4.43. The zero-order valence-electron chi connectivity index (χ0n) is 12.2. The standard InChI is InChI=1S/C16H30O/c1-5-6-7-8-15(17)13-9-11-14(12-10-13)16(2,3)4/h13-14H,5-12H2,1-4H3. The van der Waals surface area contributed by atoms with Crippen molar-refractivity contribution in [2.75, 3.05) is 0 Å². The van der Waals surface area contributed by atoms with Gasteiger partial charge < -0.3 is 0 Å². The van der Waals surface area contributed by atoms with Crippen LogP contribution in [0.3, 0.4) is 0 Å². The fourth-order valence-electron chi connectivity index (χ4n) is 3.03. The van der Waals surface area contributed by atoms with Gasteiger partial charge >= 0.3 is 0 Å². The predicted molar refractivity (Wildman–Crippen MR) is 74.1 cm³/mol. The Morgan fingerprint density at radius 1 is 1.06 bits per heavy atom. The molecule has 0 spiro atoms. The van der Waals surface area contributed by atoms with Crippen LogP contribution in [0.25, 0.3) is 0 Å². The van der Waals surface area contributed by atoms with Gasteiger partial charge in [0.25, 0.3) is 0 Å². The van der Waals surface area contributed by atoms with Crippen LogP contribution in [0.15, 0.2) is 0 Å². The topological polar surface area (TPSA) is 17.1 Å². The van der Waals surface area contributed by atoms with Crippen molar-refractivity contribution in [3.63, 3.8) is 0 Å². The van der Waals surface area contributed by atoms with E-state index in [0.717, 1.165) is 31.6 Å². The summed E-state index contributed by atoms with van der Waals surface area (Å²) < 4.78 is 0. The van der Waals surface area contributed by atoms with Gasteiger partial charge in [0.1, 0.15) is 5.78 Å². The molecule has 0 aliphatic heterocycles. The van der Waals surface area contributed by atoms with Gasteiger partial charge in [-0.25, -0.2) is 0 Å². The molecule has 1 nitrogen and oxygen atoms in total. The van der Waals surface area contributed by atoms with E-state index in [9.17, 15) is 4.79 Å². The maximum absolute atomic E-state index is 12.0. The van der Waals surface area contributed by atoms with Crippen LogP contribution in [0, 0.1) is 17.3 Å². The average Bonchev–Trinajstić information content (AvgIpc) is 2.28. The summed E-state index contributed by atoms with van der Waals surface area (Å²) in [6, 6.07) is 0. The van der Waals surface area contributed by atoms with Gasteiger partial charge in [0.05, 0.1) is 0 Å². The Morgan fingerprint density at radius 3 is 2.12 bits per heavy atom. The highest BCUT2D eigenvalue weighted by atomic mass is 16.1. The lowest BCUT2D eigenvalue weighted by Gasteiger charge is -2.36. The average molecular weight is 238 g/mol. The highest BCUT2D eigenvalue weighted by Gasteiger charge is 2.31. The molecule has 0 bridgehead atoms. The van der Waals surface area contributed by atoms with Gasteiger partial charge in [-0.3, -0.25) is 4.79 Å². The van der Waals surface area contributed by atoms with Crippen molar-refractivity contribution >= 4 is 5.78 Å². The van der Waals surface area contributed by atoms with Crippen molar-refractivity contribution in [1.29, 1.82) is 0 Å². The van der Waals surface area contributed by atoms with Crippen molar-refractivity contribution in [2.24, 2.45) is 17.3 Å². The van der Waals surface area contributed by atoms with Crippen molar-refractivity contribution in [2.45, 2.75) is 79.1 Å². The second kappa shape index (κ2) is 6.56. The Bertz CT molecular complexity index is 228. The summed E-state index contributed by atoms with van der Waals surface area (Å²) in [4.78, 5) is 12.0. The van der Waals surface area contributed by atoms with Gasteiger partial charge in [-0.2, -0.15) is 0 Å². The Hall–Kier alpha value is -0.330. The Morgan fingerprint density at radius 2 is 1.65 bits per heavy atom. The van der Waals surface area contributed by atoms with Gasteiger partial charge in [0.2, 0.25) is 0 Å². The van der Waals surface area contributed by atoms with Gasteiger partial charge in [-0.1, -0.05) is 40.5 Å². The van der Waals surface area contributed by atoms with E-state index in [4.69, 9.17) is 0 Å². The summed E-state index contributed by atoms with van der Waals surface area (Å²) in [5.41, 5.74) is 0.427. The minimum absolute atomic E-state index is 0.394. The number of carbonyl (C=O) groups excluding carboxylic acids is 1. The summed E-state index contributed by atoms with van der Waals surface area (Å²) in [6.07, 6.45) is 9.17. The molecule has 100 valence electrons. The van der Waals surface area contributed by atoms with E-state index >= 15 is 0 Å². The first-order valence-electron chi connectivity index (χ1n) is 7.48. The van der Waals surface area contributed by atoms with E-state index in [0.29, 0.717) is 17.1 Å². The summed E-state index contributed by atoms with van der Waals surface area (Å²) >= 11 is 0. The summed E-state index contributed by atoms with van der Waals surface area (Å²) in [5, 5.41) is 0. The van der Waals surface area contributed by atoms with Gasteiger partial charge in [-0.05, 0) is 43.4 Å². The van der Waals surface area contributed by atoms with Gasteiger partial charge in [0.15, 0.2) is 0 Å². The molecule has 0 heterocycles.